The first-order valence-electron chi connectivity index (χ1n) is 10.6. The molecule has 3 atom stereocenters. The Kier molecular flexibility index (Phi) is 4.10. The van der Waals surface area contributed by atoms with Gasteiger partial charge in [0.25, 0.3) is 5.91 Å². The van der Waals surface area contributed by atoms with Crippen molar-refractivity contribution < 1.29 is 9.53 Å². The lowest BCUT2D eigenvalue weighted by Crippen LogP contribution is -2.64. The van der Waals surface area contributed by atoms with E-state index in [4.69, 9.17) is 10.5 Å². The number of amides is 1. The van der Waals surface area contributed by atoms with E-state index in [2.05, 4.69) is 9.88 Å². The molecule has 27 heavy (non-hydrogen) atoms. The molecule has 4 fully saturated rings. The number of piperidine rings is 1. The fourth-order valence-corrected chi connectivity index (χ4v) is 6.78. The SMILES string of the molecule is COC1(c2ccnc(C(N)=O)c2)[C@@H]2CCC[C@H]1CN(C1CC3(CCC3)C1)C2. The molecule has 3 aliphatic carbocycles. The summed E-state index contributed by atoms with van der Waals surface area (Å²) in [7, 11) is 1.85. The van der Waals surface area contributed by atoms with Gasteiger partial charge in [0.2, 0.25) is 0 Å². The van der Waals surface area contributed by atoms with Crippen molar-refractivity contribution in [3.8, 4) is 0 Å². The van der Waals surface area contributed by atoms with Gasteiger partial charge in [-0.25, -0.2) is 0 Å². The zero-order chi connectivity index (χ0) is 18.6. The molecule has 2 heterocycles. The number of nitrogens with zero attached hydrogens (tertiary/aromatic N) is 2. The molecule has 0 aromatic carbocycles. The largest absolute Gasteiger partial charge is 0.373 e. The van der Waals surface area contributed by atoms with Gasteiger partial charge in [-0.15, -0.1) is 0 Å². The van der Waals surface area contributed by atoms with Crippen LogP contribution in [-0.2, 0) is 10.3 Å². The van der Waals surface area contributed by atoms with E-state index in [0.29, 0.717) is 17.5 Å². The second-order valence-electron chi connectivity index (χ2n) is 9.49. The maximum absolute atomic E-state index is 11.7. The van der Waals surface area contributed by atoms with Crippen LogP contribution >= 0.6 is 0 Å². The van der Waals surface area contributed by atoms with Crippen molar-refractivity contribution in [3.05, 3.63) is 29.6 Å². The van der Waals surface area contributed by atoms with Crippen molar-refractivity contribution >= 4 is 5.91 Å². The third-order valence-electron chi connectivity index (χ3n) is 8.30. The average molecular weight is 370 g/mol. The second-order valence-corrected chi connectivity index (χ2v) is 9.49. The Hall–Kier alpha value is -1.46. The molecule has 4 aliphatic rings. The summed E-state index contributed by atoms with van der Waals surface area (Å²) < 4.78 is 6.31. The molecule has 5 nitrogen and oxygen atoms in total. The fraction of sp³-hybridized carbons (Fsp3) is 0.727. The van der Waals surface area contributed by atoms with E-state index in [1.807, 2.05) is 19.2 Å². The minimum Gasteiger partial charge on any atom is -0.373 e. The molecule has 5 rings (SSSR count). The number of carbonyl (C=O) groups is 1. The Morgan fingerprint density at radius 2 is 1.93 bits per heavy atom. The van der Waals surface area contributed by atoms with Gasteiger partial charge < -0.3 is 10.5 Å². The average Bonchev–Trinajstić information content (AvgIpc) is 2.58. The number of carbonyl (C=O) groups excluding carboxylic acids is 1. The van der Waals surface area contributed by atoms with Gasteiger partial charge in [0.05, 0.1) is 0 Å². The first-order valence-corrected chi connectivity index (χ1v) is 10.6. The minimum atomic E-state index is -0.467. The number of methoxy groups -OCH3 is 1. The van der Waals surface area contributed by atoms with Gasteiger partial charge in [0, 0.05) is 44.3 Å². The van der Waals surface area contributed by atoms with Crippen LogP contribution in [0.2, 0.25) is 0 Å². The summed E-state index contributed by atoms with van der Waals surface area (Å²) in [5, 5.41) is 0. The lowest BCUT2D eigenvalue weighted by atomic mass is 9.53. The molecule has 1 aliphatic heterocycles. The number of rotatable bonds is 4. The summed E-state index contributed by atoms with van der Waals surface area (Å²) >= 11 is 0. The van der Waals surface area contributed by atoms with Crippen LogP contribution in [0.25, 0.3) is 0 Å². The molecule has 1 saturated heterocycles. The molecular weight excluding hydrogens is 338 g/mol. The van der Waals surface area contributed by atoms with Crippen molar-refractivity contribution in [2.45, 2.75) is 63.0 Å². The van der Waals surface area contributed by atoms with E-state index in [1.165, 1.54) is 51.4 Å². The summed E-state index contributed by atoms with van der Waals surface area (Å²) in [6, 6.07) is 4.69. The van der Waals surface area contributed by atoms with Crippen molar-refractivity contribution in [2.24, 2.45) is 23.0 Å². The van der Waals surface area contributed by atoms with Gasteiger partial charge in [0.15, 0.2) is 0 Å². The number of likely N-dealkylation sites (tertiary alicyclic amines) is 1. The third-order valence-corrected chi connectivity index (χ3v) is 8.30. The standard InChI is InChI=1S/C22H31N3O2/c1-27-22(15-6-9-24-19(10-15)20(23)26)16-4-2-5-17(22)14-25(13-16)18-11-21(12-18)7-3-8-21/h6,9-10,16-18H,2-5,7-8,11-14H2,1H3,(H2,23,26)/t16-,17+,22?. The molecule has 5 heteroatoms. The summed E-state index contributed by atoms with van der Waals surface area (Å²) in [6.07, 6.45) is 12.5. The topological polar surface area (TPSA) is 68.5 Å². The maximum atomic E-state index is 11.7. The van der Waals surface area contributed by atoms with Crippen LogP contribution < -0.4 is 5.73 Å². The van der Waals surface area contributed by atoms with Crippen LogP contribution in [-0.4, -0.2) is 42.0 Å². The molecule has 3 saturated carbocycles. The van der Waals surface area contributed by atoms with Crippen LogP contribution in [0.1, 0.15) is 67.4 Å². The fourth-order valence-electron chi connectivity index (χ4n) is 6.78. The predicted molar refractivity (Wildman–Crippen MR) is 103 cm³/mol. The van der Waals surface area contributed by atoms with E-state index in [9.17, 15) is 4.79 Å². The van der Waals surface area contributed by atoms with Gasteiger partial charge in [-0.3, -0.25) is 14.7 Å². The van der Waals surface area contributed by atoms with Gasteiger partial charge in [0.1, 0.15) is 11.3 Å². The number of ether oxygens (including phenoxy) is 1. The third kappa shape index (κ3) is 2.58. The maximum Gasteiger partial charge on any atom is 0.267 e. The summed E-state index contributed by atoms with van der Waals surface area (Å²) in [4.78, 5) is 18.6. The zero-order valence-corrected chi connectivity index (χ0v) is 16.3. The van der Waals surface area contributed by atoms with Crippen LogP contribution in [0.5, 0.6) is 0 Å². The summed E-state index contributed by atoms with van der Waals surface area (Å²) in [5.41, 5.74) is 7.34. The second kappa shape index (κ2) is 6.28. The molecule has 1 spiro atoms. The molecule has 2 N–H and O–H groups in total. The number of hydrogen-bond acceptors (Lipinski definition) is 4. The van der Waals surface area contributed by atoms with Crippen molar-refractivity contribution in [3.63, 3.8) is 0 Å². The van der Waals surface area contributed by atoms with Gasteiger partial charge in [-0.2, -0.15) is 0 Å². The molecule has 1 amide bonds. The highest BCUT2D eigenvalue weighted by Gasteiger charge is 2.57. The van der Waals surface area contributed by atoms with E-state index in [-0.39, 0.29) is 5.60 Å². The highest BCUT2D eigenvalue weighted by molar-refractivity contribution is 5.90. The Balaban J connectivity index is 1.42. The van der Waals surface area contributed by atoms with Gasteiger partial charge in [-0.1, -0.05) is 12.8 Å². The minimum absolute atomic E-state index is 0.306. The highest BCUT2D eigenvalue weighted by atomic mass is 16.5. The van der Waals surface area contributed by atoms with Crippen LogP contribution in [0.4, 0.5) is 0 Å². The Labute approximate surface area is 161 Å². The quantitative estimate of drug-likeness (QED) is 0.885. The number of hydrogen-bond donors (Lipinski definition) is 1. The molecule has 2 bridgehead atoms. The predicted octanol–water partition coefficient (Wildman–Crippen LogP) is 3.09. The Morgan fingerprint density at radius 1 is 1.22 bits per heavy atom. The molecule has 0 radical (unpaired) electrons. The molecule has 1 aromatic heterocycles. The van der Waals surface area contributed by atoms with Gasteiger partial charge >= 0.3 is 0 Å². The van der Waals surface area contributed by atoms with E-state index in [1.54, 1.807) is 6.20 Å². The van der Waals surface area contributed by atoms with Crippen LogP contribution in [0, 0.1) is 17.3 Å². The monoisotopic (exact) mass is 369 g/mol. The Bertz CT molecular complexity index is 723. The first kappa shape index (κ1) is 17.6. The number of pyridine rings is 1. The lowest BCUT2D eigenvalue weighted by molar-refractivity contribution is -0.188. The van der Waals surface area contributed by atoms with Crippen LogP contribution in [0.15, 0.2) is 18.3 Å². The van der Waals surface area contributed by atoms with Crippen molar-refractivity contribution in [1.82, 2.24) is 9.88 Å². The van der Waals surface area contributed by atoms with E-state index in [0.717, 1.165) is 30.1 Å². The normalized spacial score (nSPS) is 35.4. The smallest absolute Gasteiger partial charge is 0.267 e. The lowest BCUT2D eigenvalue weighted by Gasteiger charge is -2.62. The zero-order valence-electron chi connectivity index (χ0n) is 16.3. The number of aromatic nitrogens is 1. The molecule has 146 valence electrons. The van der Waals surface area contributed by atoms with Crippen LogP contribution in [0.3, 0.4) is 0 Å². The summed E-state index contributed by atoms with van der Waals surface area (Å²) in [5.74, 6) is 0.470. The molecule has 1 aromatic rings. The van der Waals surface area contributed by atoms with Crippen molar-refractivity contribution in [1.29, 1.82) is 0 Å². The number of nitrogens with two attached hydrogens (primary N) is 1. The molecule has 1 unspecified atom stereocenters. The molecular formula is C22H31N3O2. The highest BCUT2D eigenvalue weighted by Crippen LogP contribution is 2.59. The number of primary amides is 1. The summed E-state index contributed by atoms with van der Waals surface area (Å²) in [6.45, 7) is 2.22. The van der Waals surface area contributed by atoms with E-state index >= 15 is 0 Å². The first-order chi connectivity index (χ1) is 13.1. The Morgan fingerprint density at radius 3 is 2.48 bits per heavy atom. The number of fused-ring (bicyclic) bond motifs is 2. The van der Waals surface area contributed by atoms with Crippen molar-refractivity contribution in [2.75, 3.05) is 20.2 Å². The van der Waals surface area contributed by atoms with E-state index < -0.39 is 5.91 Å². The van der Waals surface area contributed by atoms with Gasteiger partial charge in [-0.05, 0) is 61.6 Å².